The molecule has 1 aliphatic rings. The van der Waals surface area contributed by atoms with Crippen molar-refractivity contribution in [1.82, 2.24) is 9.38 Å². The summed E-state index contributed by atoms with van der Waals surface area (Å²) in [7, 11) is 0. The van der Waals surface area contributed by atoms with Crippen molar-refractivity contribution in [1.29, 1.82) is 0 Å². The molecule has 0 aliphatic carbocycles. The van der Waals surface area contributed by atoms with Gasteiger partial charge in [0.1, 0.15) is 0 Å². The van der Waals surface area contributed by atoms with Gasteiger partial charge in [0.05, 0.1) is 17.0 Å². The van der Waals surface area contributed by atoms with Crippen LogP contribution in [0.15, 0.2) is 53.9 Å². The van der Waals surface area contributed by atoms with Gasteiger partial charge < -0.3 is 14.8 Å². The number of thioether (sulfide) groups is 1. The molecule has 0 spiro atoms. The molecule has 1 atom stereocenters. The first-order valence-electron chi connectivity index (χ1n) is 7.71. The molecule has 26 heavy (non-hydrogen) atoms. The van der Waals surface area contributed by atoms with Crippen LogP contribution in [0.25, 0.3) is 5.52 Å². The summed E-state index contributed by atoms with van der Waals surface area (Å²) >= 11 is 1.30. The van der Waals surface area contributed by atoms with E-state index in [-0.39, 0.29) is 17.4 Å². The van der Waals surface area contributed by atoms with Gasteiger partial charge in [-0.2, -0.15) is 0 Å². The van der Waals surface area contributed by atoms with Crippen LogP contribution in [-0.4, -0.2) is 26.8 Å². The van der Waals surface area contributed by atoms with E-state index in [9.17, 15) is 13.6 Å². The number of anilines is 1. The molecule has 1 aromatic carbocycles. The maximum atomic E-state index is 13.1. The summed E-state index contributed by atoms with van der Waals surface area (Å²) in [5.74, 6) is -0.472. The van der Waals surface area contributed by atoms with Gasteiger partial charge in [0.2, 0.25) is 5.91 Å². The first-order chi connectivity index (χ1) is 12.4. The van der Waals surface area contributed by atoms with Gasteiger partial charge in [-0.25, -0.2) is 4.98 Å². The van der Waals surface area contributed by atoms with E-state index in [2.05, 4.69) is 19.8 Å². The van der Waals surface area contributed by atoms with Crippen LogP contribution < -0.4 is 14.8 Å². The minimum Gasteiger partial charge on any atom is -0.395 e. The van der Waals surface area contributed by atoms with E-state index in [1.807, 2.05) is 28.8 Å². The molecular formula is C17H13F2N3O3S. The number of alkyl halides is 2. The lowest BCUT2D eigenvalue weighted by Gasteiger charge is -2.11. The Hall–Kier alpha value is -2.81. The number of benzene rings is 1. The van der Waals surface area contributed by atoms with Gasteiger partial charge in [-0.3, -0.25) is 9.20 Å². The quantitative estimate of drug-likeness (QED) is 0.701. The Kier molecular flexibility index (Phi) is 3.95. The predicted molar refractivity (Wildman–Crippen MR) is 91.8 cm³/mol. The normalized spacial score (nSPS) is 15.8. The van der Waals surface area contributed by atoms with Gasteiger partial charge in [-0.15, -0.1) is 8.78 Å². The lowest BCUT2D eigenvalue weighted by molar-refractivity contribution is -0.286. The van der Waals surface area contributed by atoms with Crippen LogP contribution in [-0.2, 0) is 4.79 Å². The molecule has 3 aromatic rings. The van der Waals surface area contributed by atoms with Crippen LogP contribution in [0, 0.1) is 0 Å². The zero-order chi connectivity index (χ0) is 18.3. The summed E-state index contributed by atoms with van der Waals surface area (Å²) in [6.45, 7) is 1.74. The third-order valence-corrected chi connectivity index (χ3v) is 4.81. The molecule has 0 radical (unpaired) electrons. The van der Waals surface area contributed by atoms with Crippen molar-refractivity contribution >= 4 is 28.9 Å². The zero-order valence-corrected chi connectivity index (χ0v) is 14.3. The van der Waals surface area contributed by atoms with E-state index >= 15 is 0 Å². The number of imidazole rings is 1. The van der Waals surface area contributed by atoms with Gasteiger partial charge in [0, 0.05) is 18.0 Å². The Morgan fingerprint density at radius 2 is 2.08 bits per heavy atom. The fourth-order valence-corrected chi connectivity index (χ4v) is 3.36. The molecule has 0 unspecified atom stereocenters. The van der Waals surface area contributed by atoms with Crippen LogP contribution in [0.5, 0.6) is 11.5 Å². The maximum absolute atomic E-state index is 13.1. The monoisotopic (exact) mass is 377 g/mol. The fraction of sp³-hybridized carbons (Fsp3) is 0.176. The summed E-state index contributed by atoms with van der Waals surface area (Å²) in [6.07, 6.45) is -0.0892. The number of carbonyl (C=O) groups is 1. The highest BCUT2D eigenvalue weighted by Crippen LogP contribution is 2.42. The van der Waals surface area contributed by atoms with Crippen LogP contribution >= 0.6 is 11.8 Å². The molecule has 9 heteroatoms. The number of nitrogens with one attached hydrogen (secondary N) is 1. The van der Waals surface area contributed by atoms with E-state index in [1.165, 1.54) is 30.0 Å². The van der Waals surface area contributed by atoms with Crippen molar-refractivity contribution in [3.63, 3.8) is 0 Å². The lowest BCUT2D eigenvalue weighted by Crippen LogP contribution is -2.26. The molecule has 0 saturated heterocycles. The van der Waals surface area contributed by atoms with Crippen molar-refractivity contribution in [3.8, 4) is 11.5 Å². The number of carbonyl (C=O) groups excluding carboxylic acids is 1. The van der Waals surface area contributed by atoms with Crippen LogP contribution in [0.1, 0.15) is 6.92 Å². The number of halogens is 2. The number of fused-ring (bicyclic) bond motifs is 2. The van der Waals surface area contributed by atoms with Crippen LogP contribution in [0.4, 0.5) is 14.5 Å². The second kappa shape index (κ2) is 6.17. The van der Waals surface area contributed by atoms with Crippen LogP contribution in [0.2, 0.25) is 0 Å². The average Bonchev–Trinajstić information content (AvgIpc) is 3.13. The molecule has 1 N–H and O–H groups in total. The largest absolute Gasteiger partial charge is 0.586 e. The summed E-state index contributed by atoms with van der Waals surface area (Å²) in [5, 5.41) is 2.92. The van der Waals surface area contributed by atoms with Crippen molar-refractivity contribution < 1.29 is 23.0 Å². The fourth-order valence-electron chi connectivity index (χ4n) is 2.49. The number of pyridine rings is 1. The van der Waals surface area contributed by atoms with Gasteiger partial charge in [0.15, 0.2) is 16.7 Å². The number of hydrogen-bond donors (Lipinski definition) is 1. The SMILES string of the molecule is C[C@H](Sc1ncc2ccccn12)C(=O)Nc1ccc2c(c1)OC(F)(F)O2. The Morgan fingerprint density at radius 3 is 2.92 bits per heavy atom. The molecule has 0 bridgehead atoms. The number of nitrogens with zero attached hydrogens (tertiary/aromatic N) is 2. The van der Waals surface area contributed by atoms with E-state index in [4.69, 9.17) is 0 Å². The maximum Gasteiger partial charge on any atom is 0.586 e. The molecule has 134 valence electrons. The first-order valence-corrected chi connectivity index (χ1v) is 8.59. The second-order valence-electron chi connectivity index (χ2n) is 5.61. The molecule has 1 aliphatic heterocycles. The number of rotatable bonds is 4. The first kappa shape index (κ1) is 16.6. The van der Waals surface area contributed by atoms with Crippen molar-refractivity contribution in [3.05, 3.63) is 48.8 Å². The third-order valence-electron chi connectivity index (χ3n) is 3.72. The van der Waals surface area contributed by atoms with Crippen molar-refractivity contribution in [2.24, 2.45) is 0 Å². The average molecular weight is 377 g/mol. The van der Waals surface area contributed by atoms with Gasteiger partial charge in [-0.1, -0.05) is 17.8 Å². The number of aromatic nitrogens is 2. The Bertz CT molecular complexity index is 992. The highest BCUT2D eigenvalue weighted by Gasteiger charge is 2.43. The minimum absolute atomic E-state index is 0.0701. The Morgan fingerprint density at radius 1 is 1.27 bits per heavy atom. The number of amides is 1. The summed E-state index contributed by atoms with van der Waals surface area (Å²) in [5.41, 5.74) is 1.27. The smallest absolute Gasteiger partial charge is 0.395 e. The molecule has 3 heterocycles. The predicted octanol–water partition coefficient (Wildman–Crippen LogP) is 3.78. The van der Waals surface area contributed by atoms with Crippen molar-refractivity contribution in [2.75, 3.05) is 5.32 Å². The summed E-state index contributed by atoms with van der Waals surface area (Å²) in [6, 6.07) is 9.81. The summed E-state index contributed by atoms with van der Waals surface area (Å²) < 4.78 is 36.7. The summed E-state index contributed by atoms with van der Waals surface area (Å²) in [4.78, 5) is 16.7. The van der Waals surface area contributed by atoms with E-state index < -0.39 is 11.5 Å². The highest BCUT2D eigenvalue weighted by atomic mass is 32.2. The molecule has 6 nitrogen and oxygen atoms in total. The molecular weight excluding hydrogens is 364 g/mol. The number of hydrogen-bond acceptors (Lipinski definition) is 5. The molecule has 1 amide bonds. The molecule has 2 aromatic heterocycles. The van der Waals surface area contributed by atoms with Crippen LogP contribution in [0.3, 0.4) is 0 Å². The Balaban J connectivity index is 1.45. The van der Waals surface area contributed by atoms with Gasteiger partial charge >= 0.3 is 6.29 Å². The molecule has 4 rings (SSSR count). The lowest BCUT2D eigenvalue weighted by atomic mass is 10.2. The van der Waals surface area contributed by atoms with Gasteiger partial charge in [0.25, 0.3) is 0 Å². The standard InChI is InChI=1S/C17H13F2N3O3S/c1-10(26-16-20-9-12-4-2-3-7-22(12)16)15(23)21-11-5-6-13-14(8-11)25-17(18,19)24-13/h2-10H,1H3,(H,21,23)/t10-/m0/s1. The zero-order valence-electron chi connectivity index (χ0n) is 13.5. The second-order valence-corrected chi connectivity index (χ2v) is 6.92. The molecule has 0 saturated carbocycles. The van der Waals surface area contributed by atoms with E-state index in [1.54, 1.807) is 13.1 Å². The van der Waals surface area contributed by atoms with Gasteiger partial charge in [-0.05, 0) is 31.2 Å². The minimum atomic E-state index is -3.68. The van der Waals surface area contributed by atoms with E-state index in [0.717, 1.165) is 5.52 Å². The van der Waals surface area contributed by atoms with E-state index in [0.29, 0.717) is 10.8 Å². The Labute approximate surface area is 151 Å². The number of ether oxygens (including phenoxy) is 2. The third kappa shape index (κ3) is 3.17. The topological polar surface area (TPSA) is 64.9 Å². The van der Waals surface area contributed by atoms with Crippen molar-refractivity contribution in [2.45, 2.75) is 23.6 Å². The highest BCUT2D eigenvalue weighted by molar-refractivity contribution is 8.00. The molecule has 0 fully saturated rings.